The normalized spacial score (nSPS) is 47.5. The second kappa shape index (κ2) is 6.63. The predicted octanol–water partition coefficient (Wildman–Crippen LogP) is 1.74. The van der Waals surface area contributed by atoms with Crippen LogP contribution in [0.4, 0.5) is 0 Å². The maximum absolute atomic E-state index is 13.7. The molecule has 0 aromatic carbocycles. The van der Waals surface area contributed by atoms with Crippen molar-refractivity contribution in [3.8, 4) is 0 Å². The first-order valence-corrected chi connectivity index (χ1v) is 10.6. The fourth-order valence-corrected chi connectivity index (χ4v) is 6.74. The summed E-state index contributed by atoms with van der Waals surface area (Å²) in [7, 11) is 0. The molecular weight excluding hydrogens is 392 g/mol. The van der Waals surface area contributed by atoms with Gasteiger partial charge in [-0.25, -0.2) is 0 Å². The number of carbonyl (C=O) groups is 2. The van der Waals surface area contributed by atoms with E-state index in [-0.39, 0.29) is 18.3 Å². The van der Waals surface area contributed by atoms with E-state index >= 15 is 0 Å². The SMILES string of the molecule is CC(=O)OCC12C(=O)C(O)C(C)C3(CC(c4ccoc4)OC3O)C1CCCC21CO1. The van der Waals surface area contributed by atoms with E-state index in [1.54, 1.807) is 25.5 Å². The third-order valence-electron chi connectivity index (χ3n) is 8.36. The van der Waals surface area contributed by atoms with Gasteiger partial charge in [0.05, 0.1) is 25.2 Å². The highest BCUT2D eigenvalue weighted by Gasteiger charge is 2.79. The lowest BCUT2D eigenvalue weighted by atomic mass is 9.42. The first-order chi connectivity index (χ1) is 14.3. The number of esters is 1. The predicted molar refractivity (Wildman–Crippen MR) is 101 cm³/mol. The lowest BCUT2D eigenvalue weighted by molar-refractivity contribution is -0.239. The highest BCUT2D eigenvalue weighted by Crippen LogP contribution is 2.70. The number of ketones is 1. The van der Waals surface area contributed by atoms with Gasteiger partial charge in [0, 0.05) is 23.8 Å². The van der Waals surface area contributed by atoms with Crippen LogP contribution >= 0.6 is 0 Å². The van der Waals surface area contributed by atoms with E-state index in [0.717, 1.165) is 12.0 Å². The topological polar surface area (TPSA) is 119 Å². The molecule has 4 aliphatic rings. The average molecular weight is 420 g/mol. The number of ether oxygens (including phenoxy) is 3. The van der Waals surface area contributed by atoms with Gasteiger partial charge in [-0.05, 0) is 31.2 Å². The molecule has 164 valence electrons. The Morgan fingerprint density at radius 1 is 1.37 bits per heavy atom. The van der Waals surface area contributed by atoms with Gasteiger partial charge in [0.25, 0.3) is 0 Å². The Morgan fingerprint density at radius 3 is 2.77 bits per heavy atom. The smallest absolute Gasteiger partial charge is 0.302 e. The molecule has 1 aromatic rings. The average Bonchev–Trinajstić information content (AvgIpc) is 3.15. The van der Waals surface area contributed by atoms with Crippen LogP contribution in [0.1, 0.15) is 51.2 Å². The fraction of sp³-hybridized carbons (Fsp3) is 0.727. The van der Waals surface area contributed by atoms with Crippen molar-refractivity contribution in [2.45, 2.75) is 63.6 Å². The van der Waals surface area contributed by atoms with Gasteiger partial charge in [0.2, 0.25) is 0 Å². The van der Waals surface area contributed by atoms with Crippen LogP contribution in [0.5, 0.6) is 0 Å². The van der Waals surface area contributed by atoms with Crippen molar-refractivity contribution in [2.75, 3.05) is 13.2 Å². The molecule has 2 aliphatic carbocycles. The number of carbonyl (C=O) groups excluding carboxylic acids is 2. The largest absolute Gasteiger partial charge is 0.472 e. The maximum Gasteiger partial charge on any atom is 0.302 e. The number of aliphatic hydroxyl groups is 2. The van der Waals surface area contributed by atoms with Crippen LogP contribution in [-0.2, 0) is 23.8 Å². The van der Waals surface area contributed by atoms with Crippen LogP contribution < -0.4 is 0 Å². The zero-order valence-corrected chi connectivity index (χ0v) is 17.2. The van der Waals surface area contributed by atoms with Gasteiger partial charge >= 0.3 is 5.97 Å². The number of Topliss-reactive ketones (excluding diaryl/α,β-unsaturated/α-hetero) is 1. The van der Waals surface area contributed by atoms with Crippen molar-refractivity contribution >= 4 is 11.8 Å². The van der Waals surface area contributed by atoms with Crippen molar-refractivity contribution in [2.24, 2.45) is 22.7 Å². The minimum atomic E-state index is -1.31. The maximum atomic E-state index is 13.7. The second-order valence-electron chi connectivity index (χ2n) is 9.43. The fourth-order valence-electron chi connectivity index (χ4n) is 6.74. The molecule has 2 N–H and O–H groups in total. The van der Waals surface area contributed by atoms with Gasteiger partial charge in [-0.3, -0.25) is 9.59 Å². The molecule has 2 saturated carbocycles. The van der Waals surface area contributed by atoms with Crippen LogP contribution in [0.15, 0.2) is 23.0 Å². The summed E-state index contributed by atoms with van der Waals surface area (Å²) in [5.74, 6) is -1.71. The van der Waals surface area contributed by atoms with Gasteiger partial charge in [0.15, 0.2) is 12.1 Å². The van der Waals surface area contributed by atoms with Crippen molar-refractivity contribution < 1.29 is 38.4 Å². The van der Waals surface area contributed by atoms with Crippen molar-refractivity contribution in [3.63, 3.8) is 0 Å². The third kappa shape index (κ3) is 2.42. The number of hydrogen-bond donors (Lipinski definition) is 2. The number of fused-ring (bicyclic) bond motifs is 3. The summed E-state index contributed by atoms with van der Waals surface area (Å²) in [6.07, 6.45) is 2.83. The summed E-state index contributed by atoms with van der Waals surface area (Å²) in [5, 5.41) is 22.4. The van der Waals surface area contributed by atoms with Crippen molar-refractivity contribution in [1.82, 2.24) is 0 Å². The molecule has 8 unspecified atom stereocenters. The molecule has 8 heteroatoms. The highest BCUT2D eigenvalue weighted by atomic mass is 16.6. The minimum absolute atomic E-state index is 0.152. The summed E-state index contributed by atoms with van der Waals surface area (Å²) < 4.78 is 22.5. The molecule has 8 nitrogen and oxygen atoms in total. The van der Waals surface area contributed by atoms with Gasteiger partial charge in [-0.15, -0.1) is 0 Å². The highest BCUT2D eigenvalue weighted by molar-refractivity contribution is 5.93. The van der Waals surface area contributed by atoms with Gasteiger partial charge < -0.3 is 28.8 Å². The Labute approximate surface area is 174 Å². The second-order valence-corrected chi connectivity index (χ2v) is 9.43. The summed E-state index contributed by atoms with van der Waals surface area (Å²) in [4.78, 5) is 25.4. The standard InChI is InChI=1S/C22H28O8/c1-12-17(24)18(25)22(11-28-13(2)23)16(4-3-6-20(22)10-29-20)21(12)8-15(30-19(21)26)14-5-7-27-9-14/h5,7,9,12,15-17,19,24,26H,3-4,6,8,10-11H2,1-2H3. The zero-order valence-electron chi connectivity index (χ0n) is 17.2. The van der Waals surface area contributed by atoms with E-state index in [0.29, 0.717) is 25.9 Å². The van der Waals surface area contributed by atoms with Crippen LogP contribution in [0.3, 0.4) is 0 Å². The van der Waals surface area contributed by atoms with Crippen LogP contribution in [0.2, 0.25) is 0 Å². The Morgan fingerprint density at radius 2 is 2.13 bits per heavy atom. The molecule has 2 aliphatic heterocycles. The Kier molecular flexibility index (Phi) is 4.46. The molecule has 1 aromatic heterocycles. The van der Waals surface area contributed by atoms with E-state index in [9.17, 15) is 19.8 Å². The molecule has 30 heavy (non-hydrogen) atoms. The third-order valence-corrected chi connectivity index (χ3v) is 8.36. The zero-order chi connectivity index (χ0) is 21.3. The summed E-state index contributed by atoms with van der Waals surface area (Å²) in [6, 6.07) is 1.80. The summed E-state index contributed by atoms with van der Waals surface area (Å²) >= 11 is 0. The Hall–Kier alpha value is -1.74. The van der Waals surface area contributed by atoms with Crippen LogP contribution in [-0.4, -0.2) is 53.2 Å². The summed E-state index contributed by atoms with van der Waals surface area (Å²) in [5.41, 5.74) is -2.03. The minimum Gasteiger partial charge on any atom is -0.472 e. The van der Waals surface area contributed by atoms with Crippen LogP contribution in [0, 0.1) is 22.7 Å². The molecule has 2 spiro atoms. The van der Waals surface area contributed by atoms with E-state index in [4.69, 9.17) is 18.6 Å². The number of furan rings is 1. The van der Waals surface area contributed by atoms with E-state index < -0.39 is 46.8 Å². The number of rotatable bonds is 3. The molecule has 0 radical (unpaired) electrons. The summed E-state index contributed by atoms with van der Waals surface area (Å²) in [6.45, 7) is 3.34. The molecule has 3 heterocycles. The van der Waals surface area contributed by atoms with Crippen molar-refractivity contribution in [1.29, 1.82) is 0 Å². The van der Waals surface area contributed by atoms with Gasteiger partial charge in [-0.2, -0.15) is 0 Å². The Balaban J connectivity index is 1.63. The molecule has 4 fully saturated rings. The van der Waals surface area contributed by atoms with E-state index in [2.05, 4.69) is 0 Å². The monoisotopic (exact) mass is 420 g/mol. The molecular formula is C22H28O8. The molecule has 0 amide bonds. The lowest BCUT2D eigenvalue weighted by Crippen LogP contribution is -2.71. The lowest BCUT2D eigenvalue weighted by Gasteiger charge is -2.60. The quantitative estimate of drug-likeness (QED) is 0.561. The van der Waals surface area contributed by atoms with Crippen LogP contribution in [0.25, 0.3) is 0 Å². The van der Waals surface area contributed by atoms with Crippen molar-refractivity contribution in [3.05, 3.63) is 24.2 Å². The Bertz CT molecular complexity index is 845. The van der Waals surface area contributed by atoms with Gasteiger partial charge in [-0.1, -0.05) is 13.3 Å². The molecule has 5 rings (SSSR count). The van der Waals surface area contributed by atoms with E-state index in [1.165, 1.54) is 6.92 Å². The number of hydrogen-bond acceptors (Lipinski definition) is 8. The number of aliphatic hydroxyl groups excluding tert-OH is 2. The first kappa shape index (κ1) is 20.2. The molecule has 2 saturated heterocycles. The molecule has 8 atom stereocenters. The van der Waals surface area contributed by atoms with E-state index in [1.807, 2.05) is 0 Å². The first-order valence-electron chi connectivity index (χ1n) is 10.6. The number of epoxide rings is 1. The molecule has 0 bridgehead atoms. The van der Waals surface area contributed by atoms with Gasteiger partial charge in [0.1, 0.15) is 23.7 Å².